The largest absolute Gasteiger partial charge is 0.480 e. The van der Waals surface area contributed by atoms with Gasteiger partial charge in [0.25, 0.3) is 0 Å². The molecular weight excluding hydrogens is 370 g/mol. The standard InChI is InChI=1S/C22H23N3O4/c1-14(26)24-19(12-16-13-23-18-10-6-5-9-17(16)18)21(27)25-20(22(28)29)11-15-7-3-2-4-8-15/h2-10,13,19-20,23H,11-12H2,1H3,(H,24,26)(H,25,27)(H,28,29). The van der Waals surface area contributed by atoms with Crippen LogP contribution in [0.3, 0.4) is 0 Å². The van der Waals surface area contributed by atoms with Crippen molar-refractivity contribution in [3.63, 3.8) is 0 Å². The summed E-state index contributed by atoms with van der Waals surface area (Å²) in [4.78, 5) is 39.3. The Morgan fingerprint density at radius 1 is 0.931 bits per heavy atom. The van der Waals surface area contributed by atoms with Crippen LogP contribution in [0.15, 0.2) is 60.8 Å². The van der Waals surface area contributed by atoms with E-state index in [1.165, 1.54) is 6.92 Å². The molecule has 1 heterocycles. The molecule has 0 radical (unpaired) electrons. The molecule has 0 aliphatic heterocycles. The van der Waals surface area contributed by atoms with Gasteiger partial charge in [-0.25, -0.2) is 4.79 Å². The number of carbonyl (C=O) groups is 3. The molecule has 2 atom stereocenters. The number of rotatable bonds is 8. The van der Waals surface area contributed by atoms with E-state index in [0.29, 0.717) is 0 Å². The van der Waals surface area contributed by atoms with Gasteiger partial charge < -0.3 is 20.7 Å². The van der Waals surface area contributed by atoms with Crippen LogP contribution < -0.4 is 10.6 Å². The van der Waals surface area contributed by atoms with E-state index in [-0.39, 0.29) is 18.7 Å². The number of carboxylic acid groups (broad SMARTS) is 1. The second kappa shape index (κ2) is 9.05. The summed E-state index contributed by atoms with van der Waals surface area (Å²) in [7, 11) is 0. The van der Waals surface area contributed by atoms with Crippen molar-refractivity contribution in [3.8, 4) is 0 Å². The lowest BCUT2D eigenvalue weighted by Crippen LogP contribution is -2.52. The Morgan fingerprint density at radius 3 is 2.31 bits per heavy atom. The van der Waals surface area contributed by atoms with Gasteiger partial charge in [-0.2, -0.15) is 0 Å². The first-order valence-electron chi connectivity index (χ1n) is 9.33. The Balaban J connectivity index is 1.77. The predicted molar refractivity (Wildman–Crippen MR) is 109 cm³/mol. The second-order valence-electron chi connectivity index (χ2n) is 6.91. The minimum atomic E-state index is -1.13. The maximum atomic E-state index is 12.8. The van der Waals surface area contributed by atoms with Crippen molar-refractivity contribution in [2.24, 2.45) is 0 Å². The van der Waals surface area contributed by atoms with Gasteiger partial charge in [-0.3, -0.25) is 9.59 Å². The summed E-state index contributed by atoms with van der Waals surface area (Å²) in [6.45, 7) is 1.33. The Bertz CT molecular complexity index is 1010. The summed E-state index contributed by atoms with van der Waals surface area (Å²) in [6, 6.07) is 14.7. The van der Waals surface area contributed by atoms with Gasteiger partial charge in [-0.15, -0.1) is 0 Å². The Labute approximate surface area is 168 Å². The third-order valence-electron chi connectivity index (χ3n) is 4.69. The number of carbonyl (C=O) groups excluding carboxylic acids is 2. The number of benzene rings is 2. The molecule has 4 N–H and O–H groups in total. The molecule has 7 nitrogen and oxygen atoms in total. The van der Waals surface area contributed by atoms with Crippen molar-refractivity contribution in [3.05, 3.63) is 71.9 Å². The monoisotopic (exact) mass is 393 g/mol. The zero-order chi connectivity index (χ0) is 20.8. The average molecular weight is 393 g/mol. The van der Waals surface area contributed by atoms with Crippen LogP contribution in [0.2, 0.25) is 0 Å². The first kappa shape index (κ1) is 20.1. The molecule has 0 saturated heterocycles. The zero-order valence-electron chi connectivity index (χ0n) is 16.0. The fourth-order valence-electron chi connectivity index (χ4n) is 3.30. The van der Waals surface area contributed by atoms with Gasteiger partial charge in [-0.1, -0.05) is 48.5 Å². The summed E-state index contributed by atoms with van der Waals surface area (Å²) in [5.74, 6) is -2.02. The highest BCUT2D eigenvalue weighted by atomic mass is 16.4. The smallest absolute Gasteiger partial charge is 0.326 e. The van der Waals surface area contributed by atoms with Crippen LogP contribution in [0.1, 0.15) is 18.1 Å². The summed E-state index contributed by atoms with van der Waals surface area (Å²) < 4.78 is 0. The van der Waals surface area contributed by atoms with Crippen LogP contribution >= 0.6 is 0 Å². The molecule has 150 valence electrons. The predicted octanol–water partition coefficient (Wildman–Crippen LogP) is 2.03. The highest BCUT2D eigenvalue weighted by Gasteiger charge is 2.27. The van der Waals surface area contributed by atoms with E-state index in [1.54, 1.807) is 18.3 Å². The van der Waals surface area contributed by atoms with Gasteiger partial charge in [0.1, 0.15) is 12.1 Å². The van der Waals surface area contributed by atoms with Crippen molar-refractivity contribution < 1.29 is 19.5 Å². The number of hydrogen-bond donors (Lipinski definition) is 4. The molecule has 2 aromatic carbocycles. The quantitative estimate of drug-likeness (QED) is 0.469. The summed E-state index contributed by atoms with van der Waals surface area (Å²) >= 11 is 0. The lowest BCUT2D eigenvalue weighted by atomic mass is 10.0. The van der Waals surface area contributed by atoms with Gasteiger partial charge in [0.15, 0.2) is 0 Å². The van der Waals surface area contributed by atoms with E-state index in [9.17, 15) is 19.5 Å². The van der Waals surface area contributed by atoms with Gasteiger partial charge in [0.05, 0.1) is 0 Å². The summed E-state index contributed by atoms with van der Waals surface area (Å²) in [5, 5.41) is 15.7. The minimum absolute atomic E-state index is 0.155. The van der Waals surface area contributed by atoms with Crippen LogP contribution in [0, 0.1) is 0 Å². The Kier molecular flexibility index (Phi) is 6.29. The van der Waals surface area contributed by atoms with E-state index in [0.717, 1.165) is 22.0 Å². The first-order chi connectivity index (χ1) is 13.9. The lowest BCUT2D eigenvalue weighted by Gasteiger charge is -2.21. The normalized spacial score (nSPS) is 12.9. The topological polar surface area (TPSA) is 111 Å². The van der Waals surface area contributed by atoms with Crippen LogP contribution in [-0.4, -0.2) is 40.0 Å². The number of aromatic nitrogens is 1. The SMILES string of the molecule is CC(=O)NC(Cc1c[nH]c2ccccc12)C(=O)NC(Cc1ccccc1)C(=O)O. The summed E-state index contributed by atoms with van der Waals surface area (Å²) in [6.07, 6.45) is 2.19. The van der Waals surface area contributed by atoms with Crippen molar-refractivity contribution in [1.29, 1.82) is 0 Å². The maximum absolute atomic E-state index is 12.8. The molecule has 3 rings (SSSR count). The first-order valence-corrected chi connectivity index (χ1v) is 9.33. The maximum Gasteiger partial charge on any atom is 0.326 e. The number of fused-ring (bicyclic) bond motifs is 1. The minimum Gasteiger partial charge on any atom is -0.480 e. The highest BCUT2D eigenvalue weighted by Crippen LogP contribution is 2.19. The zero-order valence-corrected chi connectivity index (χ0v) is 16.0. The number of nitrogens with one attached hydrogen (secondary N) is 3. The van der Waals surface area contributed by atoms with E-state index < -0.39 is 24.0 Å². The van der Waals surface area contributed by atoms with Gasteiger partial charge in [0, 0.05) is 36.9 Å². The van der Waals surface area contributed by atoms with E-state index in [2.05, 4.69) is 15.6 Å². The van der Waals surface area contributed by atoms with E-state index in [1.807, 2.05) is 42.5 Å². The molecule has 29 heavy (non-hydrogen) atoms. The van der Waals surface area contributed by atoms with Crippen molar-refractivity contribution in [2.45, 2.75) is 31.8 Å². The number of aliphatic carboxylic acids is 1. The van der Waals surface area contributed by atoms with Crippen LogP contribution in [0.5, 0.6) is 0 Å². The Hall–Kier alpha value is -3.61. The van der Waals surface area contributed by atoms with Crippen molar-refractivity contribution in [2.75, 3.05) is 0 Å². The van der Waals surface area contributed by atoms with Crippen molar-refractivity contribution in [1.82, 2.24) is 15.6 Å². The molecule has 0 aliphatic rings. The number of aromatic amines is 1. The molecule has 3 aromatic rings. The molecule has 0 bridgehead atoms. The number of amides is 2. The van der Waals surface area contributed by atoms with Gasteiger partial charge in [0.2, 0.25) is 11.8 Å². The second-order valence-corrected chi connectivity index (χ2v) is 6.91. The van der Waals surface area contributed by atoms with Crippen molar-refractivity contribution >= 4 is 28.7 Å². The van der Waals surface area contributed by atoms with Crippen LogP contribution in [0.25, 0.3) is 10.9 Å². The number of para-hydroxylation sites is 1. The van der Waals surface area contributed by atoms with Gasteiger partial charge in [-0.05, 0) is 17.2 Å². The molecule has 0 spiro atoms. The molecule has 0 fully saturated rings. The van der Waals surface area contributed by atoms with Crippen LogP contribution in [0.4, 0.5) is 0 Å². The lowest BCUT2D eigenvalue weighted by molar-refractivity contribution is -0.142. The molecule has 2 unspecified atom stereocenters. The fourth-order valence-corrected chi connectivity index (χ4v) is 3.30. The number of hydrogen-bond acceptors (Lipinski definition) is 3. The number of H-pyrrole nitrogens is 1. The molecule has 0 saturated carbocycles. The molecule has 0 aliphatic carbocycles. The molecular formula is C22H23N3O4. The van der Waals surface area contributed by atoms with E-state index >= 15 is 0 Å². The average Bonchev–Trinajstić information content (AvgIpc) is 3.10. The highest BCUT2D eigenvalue weighted by molar-refractivity contribution is 5.91. The third kappa shape index (κ3) is 5.22. The van der Waals surface area contributed by atoms with Crippen LogP contribution in [-0.2, 0) is 27.2 Å². The Morgan fingerprint density at radius 2 is 1.62 bits per heavy atom. The third-order valence-corrected chi connectivity index (χ3v) is 4.69. The number of carboxylic acids is 1. The fraction of sp³-hybridized carbons (Fsp3) is 0.227. The summed E-state index contributed by atoms with van der Waals surface area (Å²) in [5.41, 5.74) is 2.59. The molecule has 7 heteroatoms. The van der Waals surface area contributed by atoms with Gasteiger partial charge >= 0.3 is 5.97 Å². The van der Waals surface area contributed by atoms with E-state index in [4.69, 9.17) is 0 Å². The molecule has 1 aromatic heterocycles. The molecule has 2 amide bonds.